The topological polar surface area (TPSA) is 99.0 Å². The van der Waals surface area contributed by atoms with Gasteiger partial charge in [-0.3, -0.25) is 9.48 Å². The highest BCUT2D eigenvalue weighted by Crippen LogP contribution is 2.36. The predicted octanol–water partition coefficient (Wildman–Crippen LogP) is 2.71. The lowest BCUT2D eigenvalue weighted by Gasteiger charge is -2.24. The number of hydrogen-bond acceptors (Lipinski definition) is 5. The molecule has 136 valence electrons. The van der Waals surface area contributed by atoms with Crippen molar-refractivity contribution in [2.24, 2.45) is 5.73 Å². The molecule has 0 saturated heterocycles. The van der Waals surface area contributed by atoms with Crippen LogP contribution in [0, 0.1) is 6.92 Å². The van der Waals surface area contributed by atoms with Crippen molar-refractivity contribution in [2.75, 3.05) is 5.32 Å². The zero-order valence-electron chi connectivity index (χ0n) is 15.4. The number of anilines is 1. The van der Waals surface area contributed by atoms with Gasteiger partial charge in [-0.05, 0) is 47.0 Å². The number of nitrogens with zero attached hydrogens (tertiary/aromatic N) is 3. The van der Waals surface area contributed by atoms with E-state index in [-0.39, 0.29) is 23.9 Å². The van der Waals surface area contributed by atoms with Crippen molar-refractivity contribution in [3.05, 3.63) is 29.3 Å². The van der Waals surface area contributed by atoms with Crippen LogP contribution in [0.25, 0.3) is 0 Å². The largest absolute Gasteiger partial charge is 0.361 e. The molecule has 0 radical (unpaired) electrons. The number of carbonyl (C=O) groups is 1. The molecule has 1 aliphatic rings. The van der Waals surface area contributed by atoms with Crippen LogP contribution >= 0.6 is 0 Å². The molecule has 2 heterocycles. The van der Waals surface area contributed by atoms with Gasteiger partial charge in [-0.2, -0.15) is 5.10 Å². The summed E-state index contributed by atoms with van der Waals surface area (Å²) < 4.78 is 7.12. The molecule has 1 fully saturated rings. The van der Waals surface area contributed by atoms with Gasteiger partial charge in [0.25, 0.3) is 0 Å². The first-order valence-corrected chi connectivity index (χ1v) is 8.80. The molecule has 2 unspecified atom stereocenters. The van der Waals surface area contributed by atoms with Crippen molar-refractivity contribution in [1.82, 2.24) is 14.9 Å². The molecule has 3 rings (SSSR count). The normalized spacial score (nSPS) is 20.8. The third-order valence-corrected chi connectivity index (χ3v) is 4.54. The van der Waals surface area contributed by atoms with Gasteiger partial charge in [-0.25, -0.2) is 0 Å². The Morgan fingerprint density at radius 1 is 1.40 bits per heavy atom. The number of aryl methyl sites for hydroxylation is 1. The minimum atomic E-state index is -0.163. The highest BCUT2D eigenvalue weighted by molar-refractivity contribution is 5.91. The Balaban J connectivity index is 1.77. The zero-order chi connectivity index (χ0) is 18.2. The molecule has 0 spiro atoms. The van der Waals surface area contributed by atoms with E-state index in [1.807, 2.05) is 17.7 Å². The molecular weight excluding hydrogens is 318 g/mol. The summed E-state index contributed by atoms with van der Waals surface area (Å²) in [5.41, 5.74) is 7.83. The average Bonchev–Trinajstić information content (AvgIpc) is 3.18. The summed E-state index contributed by atoms with van der Waals surface area (Å²) in [7, 11) is 0. The maximum Gasteiger partial charge on any atom is 0.233 e. The van der Waals surface area contributed by atoms with Crippen LogP contribution in [-0.2, 0) is 16.8 Å². The molecule has 2 aromatic heterocycles. The Morgan fingerprint density at radius 2 is 2.16 bits per heavy atom. The lowest BCUT2D eigenvalue weighted by atomic mass is 10.0. The quantitative estimate of drug-likeness (QED) is 0.887. The first kappa shape index (κ1) is 17.7. The van der Waals surface area contributed by atoms with Gasteiger partial charge in [0, 0.05) is 29.8 Å². The number of carbonyl (C=O) groups excluding carboxylic acids is 1. The summed E-state index contributed by atoms with van der Waals surface area (Å²) in [5, 5.41) is 11.3. The molecule has 0 aliphatic heterocycles. The summed E-state index contributed by atoms with van der Waals surface area (Å²) in [6, 6.07) is 4.00. The van der Waals surface area contributed by atoms with Crippen LogP contribution in [0.2, 0.25) is 0 Å². The van der Waals surface area contributed by atoms with Gasteiger partial charge in [-0.1, -0.05) is 5.16 Å². The van der Waals surface area contributed by atoms with Crippen LogP contribution in [0.1, 0.15) is 63.1 Å². The maximum absolute atomic E-state index is 12.3. The summed E-state index contributed by atoms with van der Waals surface area (Å²) >= 11 is 0. The molecule has 1 aliphatic carbocycles. The Morgan fingerprint density at radius 3 is 2.72 bits per heavy atom. The number of nitrogens with two attached hydrogens (primary N) is 1. The van der Waals surface area contributed by atoms with Crippen molar-refractivity contribution in [3.63, 3.8) is 0 Å². The van der Waals surface area contributed by atoms with Crippen LogP contribution in [0.15, 0.2) is 16.7 Å². The first-order chi connectivity index (χ1) is 11.7. The predicted molar refractivity (Wildman–Crippen MR) is 95.4 cm³/mol. The highest BCUT2D eigenvalue weighted by atomic mass is 16.5. The Labute approximate surface area is 147 Å². The highest BCUT2D eigenvalue weighted by Gasteiger charge is 2.30. The van der Waals surface area contributed by atoms with Gasteiger partial charge < -0.3 is 15.6 Å². The lowest BCUT2D eigenvalue weighted by Crippen LogP contribution is -2.26. The first-order valence-electron chi connectivity index (χ1n) is 8.80. The number of nitrogens with one attached hydrogen (secondary N) is 1. The van der Waals surface area contributed by atoms with E-state index >= 15 is 0 Å². The molecule has 1 amide bonds. The van der Waals surface area contributed by atoms with Crippen molar-refractivity contribution < 1.29 is 9.32 Å². The number of hydrogen-bond donors (Lipinski definition) is 2. The van der Waals surface area contributed by atoms with Crippen LogP contribution in [0.3, 0.4) is 0 Å². The van der Waals surface area contributed by atoms with Crippen molar-refractivity contribution in [1.29, 1.82) is 0 Å². The summed E-state index contributed by atoms with van der Waals surface area (Å²) in [4.78, 5) is 12.3. The third-order valence-electron chi connectivity index (χ3n) is 4.54. The van der Waals surface area contributed by atoms with Gasteiger partial charge in [0.1, 0.15) is 5.76 Å². The van der Waals surface area contributed by atoms with Crippen LogP contribution < -0.4 is 11.1 Å². The molecule has 2 atom stereocenters. The van der Waals surface area contributed by atoms with Gasteiger partial charge in [0.05, 0.1) is 17.7 Å². The van der Waals surface area contributed by atoms with Crippen molar-refractivity contribution in [3.8, 4) is 0 Å². The summed E-state index contributed by atoms with van der Waals surface area (Å²) in [6.07, 6.45) is 3.21. The van der Waals surface area contributed by atoms with E-state index in [2.05, 4.69) is 36.3 Å². The second-order valence-electron chi connectivity index (χ2n) is 7.97. The fraction of sp³-hybridized carbons (Fsp3) is 0.611. The van der Waals surface area contributed by atoms with E-state index < -0.39 is 0 Å². The number of amides is 1. The van der Waals surface area contributed by atoms with Gasteiger partial charge in [0.15, 0.2) is 5.82 Å². The van der Waals surface area contributed by atoms with Gasteiger partial charge in [0.2, 0.25) is 5.91 Å². The number of rotatable bonds is 4. The minimum Gasteiger partial charge on any atom is -0.361 e. The molecule has 7 nitrogen and oxygen atoms in total. The molecule has 2 aromatic rings. The molecule has 3 N–H and O–H groups in total. The van der Waals surface area contributed by atoms with E-state index in [1.54, 1.807) is 6.07 Å². The second kappa shape index (κ2) is 6.63. The van der Waals surface area contributed by atoms with E-state index in [9.17, 15) is 4.79 Å². The van der Waals surface area contributed by atoms with Crippen LogP contribution in [0.5, 0.6) is 0 Å². The Bertz CT molecular complexity index is 756. The molecule has 25 heavy (non-hydrogen) atoms. The SMILES string of the molecule is Cc1cc(CC(=O)Nc2cc(C3CCC(N)C3)n(C(C)(C)C)n2)on1. The van der Waals surface area contributed by atoms with E-state index in [0.717, 1.165) is 30.7 Å². The molecule has 7 heteroatoms. The smallest absolute Gasteiger partial charge is 0.233 e. The van der Waals surface area contributed by atoms with Crippen molar-refractivity contribution in [2.45, 2.75) is 70.9 Å². The lowest BCUT2D eigenvalue weighted by molar-refractivity contribution is -0.115. The maximum atomic E-state index is 12.3. The van der Waals surface area contributed by atoms with Gasteiger partial charge in [-0.15, -0.1) is 0 Å². The molecule has 0 bridgehead atoms. The van der Waals surface area contributed by atoms with E-state index in [1.165, 1.54) is 0 Å². The van der Waals surface area contributed by atoms with Crippen LogP contribution in [0.4, 0.5) is 5.82 Å². The standard InChI is InChI=1S/C18H27N5O2/c1-11-7-14(25-22-11)9-17(24)20-16-10-15(12-5-6-13(19)8-12)23(21-16)18(2,3)4/h7,10,12-13H,5-6,8-9,19H2,1-4H3,(H,20,21,24). The molecular formula is C18H27N5O2. The average molecular weight is 345 g/mol. The monoisotopic (exact) mass is 345 g/mol. The minimum absolute atomic E-state index is 0.146. The Kier molecular flexibility index (Phi) is 4.69. The fourth-order valence-corrected chi connectivity index (χ4v) is 3.41. The summed E-state index contributed by atoms with van der Waals surface area (Å²) in [6.45, 7) is 8.17. The van der Waals surface area contributed by atoms with Crippen molar-refractivity contribution >= 4 is 11.7 Å². The van der Waals surface area contributed by atoms with Crippen LogP contribution in [-0.4, -0.2) is 26.9 Å². The second-order valence-corrected chi connectivity index (χ2v) is 7.97. The molecule has 0 aromatic carbocycles. The van der Waals surface area contributed by atoms with E-state index in [4.69, 9.17) is 10.3 Å². The van der Waals surface area contributed by atoms with Gasteiger partial charge >= 0.3 is 0 Å². The molecule has 1 saturated carbocycles. The fourth-order valence-electron chi connectivity index (χ4n) is 3.41. The zero-order valence-corrected chi connectivity index (χ0v) is 15.4. The summed E-state index contributed by atoms with van der Waals surface area (Å²) in [5.74, 6) is 1.35. The number of aromatic nitrogens is 3. The third kappa shape index (κ3) is 4.10. The van der Waals surface area contributed by atoms with E-state index in [0.29, 0.717) is 17.5 Å². The Hall–Kier alpha value is -2.15.